The van der Waals surface area contributed by atoms with E-state index in [0.717, 1.165) is 18.7 Å². The SMILES string of the molecule is CCN1/C(=C\C=N)C(C)(Cc2ccccc2)c2cc(OC)ccc21.N=C(O)c1ccncc1.[Co]. The van der Waals surface area contributed by atoms with Crippen LogP contribution in [0, 0.1) is 10.8 Å². The van der Waals surface area contributed by atoms with Crippen LogP contribution in [0.2, 0.25) is 0 Å². The van der Waals surface area contributed by atoms with E-state index in [0.29, 0.717) is 5.56 Å². The summed E-state index contributed by atoms with van der Waals surface area (Å²) in [5.74, 6) is 0.456. The Morgan fingerprint density at radius 2 is 1.79 bits per heavy atom. The van der Waals surface area contributed by atoms with Crippen molar-refractivity contribution in [2.45, 2.75) is 25.7 Å². The predicted octanol–water partition coefficient (Wildman–Crippen LogP) is 5.53. The fraction of sp³-hybridized carbons (Fsp3) is 0.222. The third kappa shape index (κ3) is 5.73. The van der Waals surface area contributed by atoms with E-state index in [9.17, 15) is 0 Å². The average Bonchev–Trinajstić information content (AvgIpc) is 3.07. The van der Waals surface area contributed by atoms with Gasteiger partial charge >= 0.3 is 0 Å². The number of aromatic nitrogens is 1. The first-order chi connectivity index (χ1) is 15.9. The Morgan fingerprint density at radius 1 is 1.12 bits per heavy atom. The molecule has 1 aliphatic heterocycles. The fourth-order valence-electron chi connectivity index (χ4n) is 4.28. The van der Waals surface area contributed by atoms with Crippen molar-refractivity contribution in [3.8, 4) is 5.75 Å². The first kappa shape index (κ1) is 26.8. The second kappa shape index (κ2) is 12.2. The fourth-order valence-corrected chi connectivity index (χ4v) is 4.28. The van der Waals surface area contributed by atoms with E-state index in [1.54, 1.807) is 19.2 Å². The zero-order valence-corrected chi connectivity index (χ0v) is 20.6. The minimum absolute atomic E-state index is 0. The number of benzene rings is 2. The number of hydrogen-bond donors (Lipinski definition) is 3. The number of rotatable bonds is 6. The van der Waals surface area contributed by atoms with Crippen molar-refractivity contribution in [3.05, 3.63) is 102 Å². The van der Waals surface area contributed by atoms with Gasteiger partial charge in [0.25, 0.3) is 0 Å². The van der Waals surface area contributed by atoms with Crippen LogP contribution in [0.5, 0.6) is 5.75 Å². The van der Waals surface area contributed by atoms with Gasteiger partial charge in [0.1, 0.15) is 5.75 Å². The molecule has 3 N–H and O–H groups in total. The number of hydrogen-bond acceptors (Lipinski definition) is 5. The largest absolute Gasteiger partial charge is 0.497 e. The van der Waals surface area contributed by atoms with Crippen LogP contribution in [0.3, 0.4) is 0 Å². The molecule has 0 spiro atoms. The second-order valence-electron chi connectivity index (χ2n) is 7.92. The van der Waals surface area contributed by atoms with Gasteiger partial charge in [0.2, 0.25) is 5.90 Å². The Labute approximate surface area is 211 Å². The predicted molar refractivity (Wildman–Crippen MR) is 134 cm³/mol. The maximum Gasteiger partial charge on any atom is 0.210 e. The summed E-state index contributed by atoms with van der Waals surface area (Å²) in [5, 5.41) is 23.0. The van der Waals surface area contributed by atoms with Gasteiger partial charge in [0.15, 0.2) is 0 Å². The van der Waals surface area contributed by atoms with E-state index in [2.05, 4.69) is 60.1 Å². The molecule has 1 aliphatic rings. The molecule has 2 aromatic carbocycles. The molecule has 179 valence electrons. The summed E-state index contributed by atoms with van der Waals surface area (Å²) in [6.07, 6.45) is 7.27. The molecule has 0 saturated carbocycles. The van der Waals surface area contributed by atoms with E-state index in [4.69, 9.17) is 20.7 Å². The van der Waals surface area contributed by atoms with E-state index < -0.39 is 5.90 Å². The second-order valence-corrected chi connectivity index (χ2v) is 7.92. The monoisotopic (exact) mass is 501 g/mol. The van der Waals surface area contributed by atoms with Crippen LogP contribution in [0.25, 0.3) is 0 Å². The Bertz CT molecular complexity index is 1140. The number of allylic oxidation sites excluding steroid dienone is 2. The number of ether oxygens (including phenoxy) is 1. The van der Waals surface area contributed by atoms with E-state index in [1.165, 1.54) is 41.1 Å². The molecule has 1 radical (unpaired) electrons. The van der Waals surface area contributed by atoms with Gasteiger partial charge in [-0.3, -0.25) is 10.4 Å². The van der Waals surface area contributed by atoms with Gasteiger partial charge in [0.05, 0.1) is 7.11 Å². The van der Waals surface area contributed by atoms with Crippen LogP contribution < -0.4 is 9.64 Å². The molecule has 1 atom stereocenters. The minimum Gasteiger partial charge on any atom is -0.497 e. The smallest absolute Gasteiger partial charge is 0.210 e. The van der Waals surface area contributed by atoms with Crippen molar-refractivity contribution in [3.63, 3.8) is 0 Å². The standard InChI is InChI=1S/C21H24N2O.C6H6N2O.Co/c1-4-23-19-11-10-17(24-3)14-18(19)21(2,20(23)12-13-22)15-16-8-6-5-7-9-16;7-6(9)5-1-3-8-4-2-5;/h5-14,22H,4,15H2,1-3H3;1-4H,(H2,7,9);/b20-12-,22-13?;;. The molecule has 1 aromatic heterocycles. The average molecular weight is 501 g/mol. The number of aliphatic hydroxyl groups excluding tert-OH is 1. The minimum atomic E-state index is -0.419. The molecule has 0 bridgehead atoms. The van der Waals surface area contributed by atoms with Crippen LogP contribution in [0.4, 0.5) is 5.69 Å². The van der Waals surface area contributed by atoms with Gasteiger partial charge in [-0.05, 0) is 67.8 Å². The number of pyridine rings is 1. The third-order valence-corrected chi connectivity index (χ3v) is 5.86. The number of nitrogens with one attached hydrogen (secondary N) is 2. The molecule has 0 fully saturated rings. The van der Waals surface area contributed by atoms with Crippen LogP contribution in [-0.2, 0) is 28.6 Å². The quantitative estimate of drug-likeness (QED) is 0.306. The van der Waals surface area contributed by atoms with Crippen molar-refractivity contribution >= 4 is 17.8 Å². The zero-order valence-electron chi connectivity index (χ0n) is 19.6. The number of likely N-dealkylation sites (N-methyl/N-ethyl adjacent to an activating group) is 1. The van der Waals surface area contributed by atoms with Crippen molar-refractivity contribution in [2.75, 3.05) is 18.6 Å². The number of anilines is 1. The first-order valence-electron chi connectivity index (χ1n) is 10.8. The zero-order chi connectivity index (χ0) is 23.8. The summed E-state index contributed by atoms with van der Waals surface area (Å²) in [6.45, 7) is 5.30. The van der Waals surface area contributed by atoms with E-state index in [-0.39, 0.29) is 22.2 Å². The summed E-state index contributed by atoms with van der Waals surface area (Å²) in [4.78, 5) is 6.03. The third-order valence-electron chi connectivity index (χ3n) is 5.86. The number of methoxy groups -OCH3 is 1. The molecule has 0 aliphatic carbocycles. The van der Waals surface area contributed by atoms with Crippen molar-refractivity contribution < 1.29 is 26.6 Å². The van der Waals surface area contributed by atoms with E-state index in [1.807, 2.05) is 18.2 Å². The number of fused-ring (bicyclic) bond motifs is 1. The molecule has 3 aromatic rings. The Balaban J connectivity index is 0.000000345. The maximum atomic E-state index is 8.58. The molecule has 34 heavy (non-hydrogen) atoms. The topological polar surface area (TPSA) is 93.3 Å². The number of aliphatic hydroxyl groups is 1. The molecule has 6 nitrogen and oxygen atoms in total. The van der Waals surface area contributed by atoms with Gasteiger partial charge in [-0.15, -0.1) is 0 Å². The van der Waals surface area contributed by atoms with Gasteiger partial charge in [0, 0.05) is 64.3 Å². The first-order valence-corrected chi connectivity index (χ1v) is 10.8. The van der Waals surface area contributed by atoms with Gasteiger partial charge in [-0.25, -0.2) is 0 Å². The molecular formula is C27H30CoN4O2. The molecule has 7 heteroatoms. The molecule has 0 amide bonds. The van der Waals surface area contributed by atoms with Crippen LogP contribution in [-0.4, -0.2) is 35.9 Å². The maximum absolute atomic E-state index is 8.58. The summed E-state index contributed by atoms with van der Waals surface area (Å²) >= 11 is 0. The summed E-state index contributed by atoms with van der Waals surface area (Å²) in [5.41, 5.74) is 5.25. The Kier molecular flexibility index (Phi) is 9.59. The van der Waals surface area contributed by atoms with Crippen molar-refractivity contribution in [1.82, 2.24) is 4.98 Å². The summed E-state index contributed by atoms with van der Waals surface area (Å²) in [6, 6.07) is 20.0. The van der Waals surface area contributed by atoms with Crippen LogP contribution in [0.15, 0.2) is 84.8 Å². The van der Waals surface area contributed by atoms with Crippen molar-refractivity contribution in [1.29, 1.82) is 10.8 Å². The van der Waals surface area contributed by atoms with Crippen LogP contribution >= 0.6 is 0 Å². The van der Waals surface area contributed by atoms with Gasteiger partial charge in [-0.2, -0.15) is 0 Å². The summed E-state index contributed by atoms with van der Waals surface area (Å²) < 4.78 is 5.46. The summed E-state index contributed by atoms with van der Waals surface area (Å²) in [7, 11) is 1.71. The molecular weight excluding hydrogens is 471 g/mol. The molecule has 0 saturated heterocycles. The van der Waals surface area contributed by atoms with Crippen molar-refractivity contribution in [2.24, 2.45) is 0 Å². The Hall–Kier alpha value is -3.42. The molecule has 4 rings (SSSR count). The van der Waals surface area contributed by atoms with E-state index >= 15 is 0 Å². The molecule has 1 unspecified atom stereocenters. The van der Waals surface area contributed by atoms with Gasteiger partial charge in [-0.1, -0.05) is 30.3 Å². The molecule has 2 heterocycles. The van der Waals surface area contributed by atoms with Gasteiger partial charge < -0.3 is 20.2 Å². The Morgan fingerprint density at radius 3 is 2.32 bits per heavy atom. The van der Waals surface area contributed by atoms with Crippen LogP contribution in [0.1, 0.15) is 30.5 Å². The normalized spacial score (nSPS) is 17.1. The number of nitrogens with zero attached hydrogens (tertiary/aromatic N) is 2.